The Morgan fingerprint density at radius 3 is 2.40 bits per heavy atom. The predicted octanol–water partition coefficient (Wildman–Crippen LogP) is 1.91. The standard InChI is InChI=1S/C16H23NO3/c1-3-12-8-17(9-14(12)10-18)11(2)16(20)13-4-6-15(19)7-5-13/h4-7,11-12,14,18-19H,3,8-10H2,1-2H3/t11?,12-,14-/m1/s1. The average Bonchev–Trinajstić information content (AvgIpc) is 2.89. The smallest absolute Gasteiger partial charge is 0.179 e. The summed E-state index contributed by atoms with van der Waals surface area (Å²) in [5.74, 6) is 0.977. The van der Waals surface area contributed by atoms with Gasteiger partial charge in [0.15, 0.2) is 5.78 Å². The van der Waals surface area contributed by atoms with Crippen molar-refractivity contribution in [3.63, 3.8) is 0 Å². The van der Waals surface area contributed by atoms with Crippen LogP contribution in [0.5, 0.6) is 5.75 Å². The highest BCUT2D eigenvalue weighted by Crippen LogP contribution is 2.28. The molecule has 1 saturated heterocycles. The van der Waals surface area contributed by atoms with Gasteiger partial charge < -0.3 is 10.2 Å². The monoisotopic (exact) mass is 277 g/mol. The zero-order valence-electron chi connectivity index (χ0n) is 12.1. The number of carbonyl (C=O) groups is 1. The lowest BCUT2D eigenvalue weighted by molar-refractivity contribution is 0.0857. The molecule has 0 aromatic heterocycles. The van der Waals surface area contributed by atoms with Gasteiger partial charge in [0.1, 0.15) is 5.75 Å². The average molecular weight is 277 g/mol. The number of rotatable bonds is 5. The molecule has 1 fully saturated rings. The molecule has 1 heterocycles. The zero-order valence-corrected chi connectivity index (χ0v) is 12.1. The summed E-state index contributed by atoms with van der Waals surface area (Å²) in [5.41, 5.74) is 0.621. The van der Waals surface area contributed by atoms with Crippen LogP contribution < -0.4 is 0 Å². The fraction of sp³-hybridized carbons (Fsp3) is 0.562. The Hall–Kier alpha value is -1.39. The molecule has 1 aromatic rings. The van der Waals surface area contributed by atoms with Crippen LogP contribution in [-0.4, -0.2) is 46.6 Å². The van der Waals surface area contributed by atoms with Gasteiger partial charge in [-0.25, -0.2) is 0 Å². The van der Waals surface area contributed by atoms with Crippen LogP contribution in [-0.2, 0) is 0 Å². The summed E-state index contributed by atoms with van der Waals surface area (Å²) in [4.78, 5) is 14.6. The summed E-state index contributed by atoms with van der Waals surface area (Å²) in [5, 5.41) is 18.7. The van der Waals surface area contributed by atoms with Gasteiger partial charge in [0.25, 0.3) is 0 Å². The number of Topliss-reactive ketones (excluding diaryl/α,β-unsaturated/α-hetero) is 1. The van der Waals surface area contributed by atoms with Crippen molar-refractivity contribution in [2.45, 2.75) is 26.3 Å². The molecule has 0 spiro atoms. The molecule has 2 N–H and O–H groups in total. The maximum Gasteiger partial charge on any atom is 0.179 e. The summed E-state index contributed by atoms with van der Waals surface area (Å²) < 4.78 is 0. The fourth-order valence-electron chi connectivity index (χ4n) is 2.99. The van der Waals surface area contributed by atoms with Crippen LogP contribution in [0.1, 0.15) is 30.6 Å². The second-order valence-electron chi connectivity index (χ2n) is 5.65. The number of hydrogen-bond donors (Lipinski definition) is 2. The van der Waals surface area contributed by atoms with Crippen molar-refractivity contribution in [3.8, 4) is 5.75 Å². The molecule has 4 heteroatoms. The Morgan fingerprint density at radius 2 is 1.90 bits per heavy atom. The minimum atomic E-state index is -0.190. The minimum absolute atomic E-state index is 0.0680. The van der Waals surface area contributed by atoms with Gasteiger partial charge in [0.2, 0.25) is 0 Å². The molecule has 2 rings (SSSR count). The number of aliphatic hydroxyl groups excluding tert-OH is 1. The van der Waals surface area contributed by atoms with E-state index in [1.54, 1.807) is 12.1 Å². The Bertz CT molecular complexity index is 445. The lowest BCUT2D eigenvalue weighted by atomic mass is 9.95. The molecule has 0 aliphatic carbocycles. The summed E-state index contributed by atoms with van der Waals surface area (Å²) in [6.45, 7) is 5.88. The topological polar surface area (TPSA) is 60.8 Å². The SMILES string of the molecule is CC[C@@H]1CN(C(C)C(=O)c2ccc(O)cc2)C[C@@H]1CO. The van der Waals surface area contributed by atoms with E-state index >= 15 is 0 Å². The third kappa shape index (κ3) is 3.02. The van der Waals surface area contributed by atoms with Crippen molar-refractivity contribution in [1.29, 1.82) is 0 Å². The van der Waals surface area contributed by atoms with Crippen LogP contribution in [0.25, 0.3) is 0 Å². The summed E-state index contributed by atoms with van der Waals surface area (Å²) in [6, 6.07) is 6.20. The Morgan fingerprint density at radius 1 is 1.30 bits per heavy atom. The molecule has 1 aliphatic heterocycles. The zero-order chi connectivity index (χ0) is 14.7. The molecular formula is C16H23NO3. The second-order valence-corrected chi connectivity index (χ2v) is 5.65. The quantitative estimate of drug-likeness (QED) is 0.807. The van der Waals surface area contributed by atoms with E-state index in [0.717, 1.165) is 19.5 Å². The Kier molecular flexibility index (Phi) is 4.78. The van der Waals surface area contributed by atoms with Gasteiger partial charge >= 0.3 is 0 Å². The van der Waals surface area contributed by atoms with Crippen LogP contribution in [0, 0.1) is 11.8 Å². The predicted molar refractivity (Wildman–Crippen MR) is 77.8 cm³/mol. The number of benzene rings is 1. The number of phenols is 1. The lowest BCUT2D eigenvalue weighted by Gasteiger charge is -2.23. The van der Waals surface area contributed by atoms with Crippen LogP contribution in [0.15, 0.2) is 24.3 Å². The number of ketones is 1. The molecule has 1 aromatic carbocycles. The van der Waals surface area contributed by atoms with Gasteiger partial charge in [0, 0.05) is 25.3 Å². The molecule has 0 radical (unpaired) electrons. The van der Waals surface area contributed by atoms with Crippen molar-refractivity contribution in [1.82, 2.24) is 4.90 Å². The molecule has 3 atom stereocenters. The van der Waals surface area contributed by atoms with Crippen LogP contribution in [0.4, 0.5) is 0 Å². The molecule has 110 valence electrons. The van der Waals surface area contributed by atoms with E-state index in [4.69, 9.17) is 0 Å². The van der Waals surface area contributed by atoms with E-state index in [1.165, 1.54) is 12.1 Å². The van der Waals surface area contributed by atoms with Gasteiger partial charge in [-0.15, -0.1) is 0 Å². The van der Waals surface area contributed by atoms with E-state index in [0.29, 0.717) is 11.5 Å². The van der Waals surface area contributed by atoms with Crippen molar-refractivity contribution in [3.05, 3.63) is 29.8 Å². The number of aliphatic hydroxyl groups is 1. The highest BCUT2D eigenvalue weighted by Gasteiger charge is 2.35. The highest BCUT2D eigenvalue weighted by atomic mass is 16.3. The van der Waals surface area contributed by atoms with Crippen molar-refractivity contribution < 1.29 is 15.0 Å². The first-order valence-corrected chi connectivity index (χ1v) is 7.25. The lowest BCUT2D eigenvalue weighted by Crippen LogP contribution is -2.37. The largest absolute Gasteiger partial charge is 0.508 e. The first kappa shape index (κ1) is 15.0. The Balaban J connectivity index is 2.06. The number of phenolic OH excluding ortho intramolecular Hbond substituents is 1. The number of likely N-dealkylation sites (tertiary alicyclic amines) is 1. The van der Waals surface area contributed by atoms with Crippen molar-refractivity contribution >= 4 is 5.78 Å². The number of nitrogens with zero attached hydrogens (tertiary/aromatic N) is 1. The molecule has 20 heavy (non-hydrogen) atoms. The third-order valence-electron chi connectivity index (χ3n) is 4.44. The van der Waals surface area contributed by atoms with Gasteiger partial charge in [0.05, 0.1) is 6.04 Å². The summed E-state index contributed by atoms with van der Waals surface area (Å²) >= 11 is 0. The molecule has 0 bridgehead atoms. The first-order valence-electron chi connectivity index (χ1n) is 7.25. The maximum absolute atomic E-state index is 12.4. The summed E-state index contributed by atoms with van der Waals surface area (Å²) in [6.07, 6.45) is 1.03. The van der Waals surface area contributed by atoms with Crippen LogP contribution >= 0.6 is 0 Å². The molecular weight excluding hydrogens is 254 g/mol. The third-order valence-corrected chi connectivity index (χ3v) is 4.44. The molecule has 0 saturated carbocycles. The molecule has 1 unspecified atom stereocenters. The molecule has 1 aliphatic rings. The normalized spacial score (nSPS) is 24.8. The highest BCUT2D eigenvalue weighted by molar-refractivity contribution is 5.99. The maximum atomic E-state index is 12.4. The van der Waals surface area contributed by atoms with Crippen LogP contribution in [0.2, 0.25) is 0 Å². The number of carbonyl (C=O) groups excluding carboxylic acids is 1. The molecule has 4 nitrogen and oxygen atoms in total. The van der Waals surface area contributed by atoms with Gasteiger partial charge in [-0.2, -0.15) is 0 Å². The van der Waals surface area contributed by atoms with Gasteiger partial charge in [-0.3, -0.25) is 9.69 Å². The molecule has 0 amide bonds. The summed E-state index contributed by atoms with van der Waals surface area (Å²) in [7, 11) is 0. The van der Waals surface area contributed by atoms with E-state index in [9.17, 15) is 15.0 Å². The van der Waals surface area contributed by atoms with Gasteiger partial charge in [-0.1, -0.05) is 13.3 Å². The van der Waals surface area contributed by atoms with E-state index in [2.05, 4.69) is 11.8 Å². The number of aromatic hydroxyl groups is 1. The van der Waals surface area contributed by atoms with Crippen LogP contribution in [0.3, 0.4) is 0 Å². The van der Waals surface area contributed by atoms with E-state index in [-0.39, 0.29) is 30.1 Å². The first-order chi connectivity index (χ1) is 9.56. The van der Waals surface area contributed by atoms with E-state index in [1.807, 2.05) is 6.92 Å². The second kappa shape index (κ2) is 6.37. The van der Waals surface area contributed by atoms with Gasteiger partial charge in [-0.05, 0) is 43.0 Å². The van der Waals surface area contributed by atoms with E-state index < -0.39 is 0 Å². The Labute approximate surface area is 120 Å². The minimum Gasteiger partial charge on any atom is -0.508 e. The van der Waals surface area contributed by atoms with Crippen molar-refractivity contribution in [2.75, 3.05) is 19.7 Å². The number of hydrogen-bond acceptors (Lipinski definition) is 4. The fourth-order valence-corrected chi connectivity index (χ4v) is 2.99. The van der Waals surface area contributed by atoms with Crippen molar-refractivity contribution in [2.24, 2.45) is 11.8 Å².